The third-order valence-corrected chi connectivity index (χ3v) is 3.20. The molecule has 2 aromatic rings. The summed E-state index contributed by atoms with van der Waals surface area (Å²) >= 11 is 0. The predicted octanol–water partition coefficient (Wildman–Crippen LogP) is 0.911. The Labute approximate surface area is 143 Å². The first kappa shape index (κ1) is 17.8. The molecule has 0 aromatic heterocycles. The summed E-state index contributed by atoms with van der Waals surface area (Å²) in [7, 11) is 1.41. The number of nitrogens with one attached hydrogen (secondary N) is 1. The standard InChI is InChI=1S/C17H17N3O5/c1-24-14-8-11(5-6-13(14)25-9-15(18)21)17(23)20-12-4-2-3-10(7-12)16(19)22/h2-8H,9H2,1H3,(H2,18,21)(H2,19,22)(H,20,23). The van der Waals surface area contributed by atoms with E-state index in [0.717, 1.165) is 0 Å². The van der Waals surface area contributed by atoms with E-state index in [-0.39, 0.29) is 23.7 Å². The molecule has 0 heterocycles. The molecule has 0 radical (unpaired) electrons. The van der Waals surface area contributed by atoms with Crippen molar-refractivity contribution in [1.29, 1.82) is 0 Å². The maximum atomic E-state index is 12.3. The van der Waals surface area contributed by atoms with Crippen LogP contribution in [0.25, 0.3) is 0 Å². The zero-order chi connectivity index (χ0) is 18.4. The average molecular weight is 343 g/mol. The Kier molecular flexibility index (Phi) is 5.57. The van der Waals surface area contributed by atoms with Crippen LogP contribution < -0.4 is 26.3 Å². The summed E-state index contributed by atoms with van der Waals surface area (Å²) in [5.41, 5.74) is 11.2. The second-order valence-corrected chi connectivity index (χ2v) is 5.02. The first-order valence-corrected chi connectivity index (χ1v) is 7.21. The van der Waals surface area contributed by atoms with Gasteiger partial charge in [-0.25, -0.2) is 0 Å². The molecule has 0 aliphatic heterocycles. The highest BCUT2D eigenvalue weighted by Crippen LogP contribution is 2.28. The normalized spacial score (nSPS) is 9.96. The van der Waals surface area contributed by atoms with Crippen molar-refractivity contribution in [2.24, 2.45) is 11.5 Å². The van der Waals surface area contributed by atoms with Crippen LogP contribution in [0.4, 0.5) is 5.69 Å². The molecule has 2 rings (SSSR count). The highest BCUT2D eigenvalue weighted by Gasteiger charge is 2.13. The Bertz CT molecular complexity index is 820. The fourth-order valence-corrected chi connectivity index (χ4v) is 2.03. The molecule has 8 heteroatoms. The van der Waals surface area contributed by atoms with E-state index < -0.39 is 17.7 Å². The van der Waals surface area contributed by atoms with E-state index in [4.69, 9.17) is 20.9 Å². The van der Waals surface area contributed by atoms with Gasteiger partial charge in [0.1, 0.15) is 0 Å². The monoisotopic (exact) mass is 343 g/mol. The molecule has 25 heavy (non-hydrogen) atoms. The third-order valence-electron chi connectivity index (χ3n) is 3.20. The molecule has 0 aliphatic carbocycles. The Hall–Kier alpha value is -3.55. The first-order valence-electron chi connectivity index (χ1n) is 7.21. The average Bonchev–Trinajstić information content (AvgIpc) is 2.59. The Morgan fingerprint density at radius 1 is 1.00 bits per heavy atom. The number of carbonyl (C=O) groups excluding carboxylic acids is 3. The number of hydrogen-bond acceptors (Lipinski definition) is 5. The lowest BCUT2D eigenvalue weighted by Crippen LogP contribution is -2.20. The summed E-state index contributed by atoms with van der Waals surface area (Å²) in [6.07, 6.45) is 0. The molecule has 0 bridgehead atoms. The van der Waals surface area contributed by atoms with Crippen molar-refractivity contribution in [3.63, 3.8) is 0 Å². The van der Waals surface area contributed by atoms with E-state index in [1.807, 2.05) is 0 Å². The molecule has 0 spiro atoms. The smallest absolute Gasteiger partial charge is 0.255 e. The lowest BCUT2D eigenvalue weighted by molar-refractivity contribution is -0.119. The van der Waals surface area contributed by atoms with E-state index in [0.29, 0.717) is 11.3 Å². The van der Waals surface area contributed by atoms with Crippen molar-refractivity contribution in [3.05, 3.63) is 53.6 Å². The zero-order valence-electron chi connectivity index (χ0n) is 13.4. The number of methoxy groups -OCH3 is 1. The summed E-state index contributed by atoms with van der Waals surface area (Å²) in [5, 5.41) is 2.66. The van der Waals surface area contributed by atoms with E-state index in [1.165, 1.54) is 31.4 Å². The summed E-state index contributed by atoms with van der Waals surface area (Å²) in [6.45, 7) is -0.304. The molecule has 0 aliphatic rings. The van der Waals surface area contributed by atoms with Crippen LogP contribution in [0.2, 0.25) is 0 Å². The number of ether oxygens (including phenoxy) is 2. The van der Waals surface area contributed by atoms with Gasteiger partial charge in [0.2, 0.25) is 5.91 Å². The molecule has 3 amide bonds. The summed E-state index contributed by atoms with van der Waals surface area (Å²) in [6, 6.07) is 10.7. The van der Waals surface area contributed by atoms with Crippen molar-refractivity contribution in [3.8, 4) is 11.5 Å². The number of primary amides is 2. The van der Waals surface area contributed by atoms with Gasteiger partial charge in [-0.1, -0.05) is 6.07 Å². The second kappa shape index (κ2) is 7.82. The van der Waals surface area contributed by atoms with Crippen LogP contribution in [-0.4, -0.2) is 31.4 Å². The molecule has 130 valence electrons. The Morgan fingerprint density at radius 3 is 2.40 bits per heavy atom. The van der Waals surface area contributed by atoms with Gasteiger partial charge in [-0.3, -0.25) is 14.4 Å². The van der Waals surface area contributed by atoms with Gasteiger partial charge in [-0.15, -0.1) is 0 Å². The van der Waals surface area contributed by atoms with Gasteiger partial charge in [-0.2, -0.15) is 0 Å². The highest BCUT2D eigenvalue weighted by molar-refractivity contribution is 6.05. The van der Waals surface area contributed by atoms with Gasteiger partial charge < -0.3 is 26.3 Å². The van der Waals surface area contributed by atoms with Gasteiger partial charge in [0.25, 0.3) is 11.8 Å². The fourth-order valence-electron chi connectivity index (χ4n) is 2.03. The number of benzene rings is 2. The molecule has 2 aromatic carbocycles. The lowest BCUT2D eigenvalue weighted by Gasteiger charge is -2.11. The SMILES string of the molecule is COc1cc(C(=O)Nc2cccc(C(N)=O)c2)ccc1OCC(N)=O. The van der Waals surface area contributed by atoms with Crippen molar-refractivity contribution in [2.75, 3.05) is 19.0 Å². The van der Waals surface area contributed by atoms with E-state index >= 15 is 0 Å². The molecule has 5 N–H and O–H groups in total. The quantitative estimate of drug-likeness (QED) is 0.687. The van der Waals surface area contributed by atoms with Gasteiger partial charge in [0, 0.05) is 16.8 Å². The van der Waals surface area contributed by atoms with Crippen molar-refractivity contribution < 1.29 is 23.9 Å². The number of amides is 3. The van der Waals surface area contributed by atoms with Crippen molar-refractivity contribution >= 4 is 23.4 Å². The molecule has 0 fully saturated rings. The van der Waals surface area contributed by atoms with E-state index in [2.05, 4.69) is 5.32 Å². The third kappa shape index (κ3) is 4.71. The molecule has 0 saturated carbocycles. The number of rotatable bonds is 7. The number of carbonyl (C=O) groups is 3. The molecule has 8 nitrogen and oxygen atoms in total. The van der Waals surface area contributed by atoms with Crippen LogP contribution in [0.3, 0.4) is 0 Å². The van der Waals surface area contributed by atoms with Crippen LogP contribution in [0.1, 0.15) is 20.7 Å². The van der Waals surface area contributed by atoms with Crippen LogP contribution in [-0.2, 0) is 4.79 Å². The minimum Gasteiger partial charge on any atom is -0.493 e. The Balaban J connectivity index is 2.17. The minimum absolute atomic E-state index is 0.278. The van der Waals surface area contributed by atoms with Crippen molar-refractivity contribution in [2.45, 2.75) is 0 Å². The van der Waals surface area contributed by atoms with E-state index in [9.17, 15) is 14.4 Å². The van der Waals surface area contributed by atoms with Gasteiger partial charge in [0.15, 0.2) is 18.1 Å². The molecule has 0 atom stereocenters. The number of anilines is 1. The second-order valence-electron chi connectivity index (χ2n) is 5.02. The zero-order valence-corrected chi connectivity index (χ0v) is 13.4. The maximum absolute atomic E-state index is 12.3. The summed E-state index contributed by atoms with van der Waals surface area (Å²) in [5.74, 6) is -1.07. The van der Waals surface area contributed by atoms with Gasteiger partial charge in [-0.05, 0) is 36.4 Å². The van der Waals surface area contributed by atoms with Crippen molar-refractivity contribution in [1.82, 2.24) is 0 Å². The van der Waals surface area contributed by atoms with Crippen LogP contribution in [0.5, 0.6) is 11.5 Å². The summed E-state index contributed by atoms with van der Waals surface area (Å²) in [4.78, 5) is 34.3. The maximum Gasteiger partial charge on any atom is 0.255 e. The Morgan fingerprint density at radius 2 is 1.76 bits per heavy atom. The molecule has 0 saturated heterocycles. The number of hydrogen-bond donors (Lipinski definition) is 3. The largest absolute Gasteiger partial charge is 0.493 e. The van der Waals surface area contributed by atoms with Crippen LogP contribution in [0.15, 0.2) is 42.5 Å². The van der Waals surface area contributed by atoms with Gasteiger partial charge >= 0.3 is 0 Å². The predicted molar refractivity (Wildman–Crippen MR) is 90.6 cm³/mol. The van der Waals surface area contributed by atoms with E-state index in [1.54, 1.807) is 18.2 Å². The molecular weight excluding hydrogens is 326 g/mol. The molecule has 0 unspecified atom stereocenters. The topological polar surface area (TPSA) is 134 Å². The molecular formula is C17H17N3O5. The first-order chi connectivity index (χ1) is 11.9. The van der Waals surface area contributed by atoms with Crippen LogP contribution in [0, 0.1) is 0 Å². The number of nitrogens with two attached hydrogens (primary N) is 2. The van der Waals surface area contributed by atoms with Crippen LogP contribution >= 0.6 is 0 Å². The minimum atomic E-state index is -0.627. The lowest BCUT2D eigenvalue weighted by atomic mass is 10.1. The summed E-state index contributed by atoms with van der Waals surface area (Å²) < 4.78 is 10.4. The highest BCUT2D eigenvalue weighted by atomic mass is 16.5. The van der Waals surface area contributed by atoms with Gasteiger partial charge in [0.05, 0.1) is 7.11 Å². The fraction of sp³-hybridized carbons (Fsp3) is 0.118.